The molecule has 2 aromatic rings. The summed E-state index contributed by atoms with van der Waals surface area (Å²) < 4.78 is 5.75. The fraction of sp³-hybridized carbons (Fsp3) is 0.350. The van der Waals surface area contributed by atoms with Crippen molar-refractivity contribution in [2.24, 2.45) is 0 Å². The van der Waals surface area contributed by atoms with Crippen LogP contribution in [0.1, 0.15) is 19.4 Å². The van der Waals surface area contributed by atoms with Gasteiger partial charge in [-0.25, -0.2) is 0 Å². The van der Waals surface area contributed by atoms with E-state index in [1.807, 2.05) is 21.0 Å². The lowest BCUT2D eigenvalue weighted by Crippen LogP contribution is -2.39. The third kappa shape index (κ3) is 5.40. The van der Waals surface area contributed by atoms with Crippen LogP contribution in [0.3, 0.4) is 0 Å². The van der Waals surface area contributed by atoms with Crippen LogP contribution in [-0.2, 0) is 11.3 Å². The second-order valence-electron chi connectivity index (χ2n) is 6.13. The molecule has 0 saturated heterocycles. The second-order valence-corrected chi connectivity index (χ2v) is 6.56. The van der Waals surface area contributed by atoms with Gasteiger partial charge in [0.2, 0.25) is 0 Å². The predicted octanol–water partition coefficient (Wildman–Crippen LogP) is 4.22. The molecule has 0 N–H and O–H groups in total. The summed E-state index contributed by atoms with van der Waals surface area (Å²) in [6.45, 7) is 4.94. The van der Waals surface area contributed by atoms with Crippen LogP contribution in [-0.4, -0.2) is 37.6 Å². The highest BCUT2D eigenvalue weighted by Gasteiger charge is 2.21. The molecule has 0 heterocycles. The minimum Gasteiger partial charge on any atom is -0.481 e. The van der Waals surface area contributed by atoms with Gasteiger partial charge in [-0.15, -0.1) is 0 Å². The number of carbonyl (C=O) groups is 1. The lowest BCUT2D eigenvalue weighted by molar-refractivity contribution is -0.138. The molecule has 0 aliphatic heterocycles. The first kappa shape index (κ1) is 19.1. The van der Waals surface area contributed by atoms with E-state index in [0.29, 0.717) is 23.9 Å². The Morgan fingerprint density at radius 2 is 1.68 bits per heavy atom. The molecule has 0 fully saturated rings. The average molecular weight is 361 g/mol. The second kappa shape index (κ2) is 8.77. The molecule has 0 radical (unpaired) electrons. The summed E-state index contributed by atoms with van der Waals surface area (Å²) in [5.74, 6) is 0.603. The summed E-state index contributed by atoms with van der Waals surface area (Å²) in [6, 6.07) is 15.2. The fourth-order valence-electron chi connectivity index (χ4n) is 2.49. The molecular weight excluding hydrogens is 336 g/mol. The standard InChI is InChI=1S/C20H25ClN2O2/c1-5-23(14-16-6-10-18(11-7-16)22(3)4)20(24)15(2)25-19-12-8-17(21)9-13-19/h6-13,15H,5,14H2,1-4H3. The van der Waals surface area contributed by atoms with Crippen LogP contribution in [0.5, 0.6) is 5.75 Å². The summed E-state index contributed by atoms with van der Waals surface area (Å²) in [6.07, 6.45) is -0.554. The molecule has 0 aliphatic carbocycles. The molecular formula is C20H25ClN2O2. The van der Waals surface area contributed by atoms with E-state index in [1.54, 1.807) is 36.1 Å². The first-order chi connectivity index (χ1) is 11.9. The van der Waals surface area contributed by atoms with Gasteiger partial charge in [-0.1, -0.05) is 23.7 Å². The van der Waals surface area contributed by atoms with E-state index in [9.17, 15) is 4.79 Å². The van der Waals surface area contributed by atoms with Crippen molar-refractivity contribution in [2.45, 2.75) is 26.5 Å². The smallest absolute Gasteiger partial charge is 0.263 e. The number of likely N-dealkylation sites (N-methyl/N-ethyl adjacent to an activating group) is 1. The maximum Gasteiger partial charge on any atom is 0.263 e. The lowest BCUT2D eigenvalue weighted by atomic mass is 10.1. The number of anilines is 1. The predicted molar refractivity (Wildman–Crippen MR) is 103 cm³/mol. The van der Waals surface area contributed by atoms with E-state index in [-0.39, 0.29) is 5.91 Å². The van der Waals surface area contributed by atoms with Crippen molar-refractivity contribution in [3.05, 3.63) is 59.1 Å². The number of ether oxygens (including phenoxy) is 1. The summed E-state index contributed by atoms with van der Waals surface area (Å²) in [7, 11) is 4.01. The minimum atomic E-state index is -0.554. The molecule has 0 bridgehead atoms. The summed E-state index contributed by atoms with van der Waals surface area (Å²) in [5, 5.41) is 0.641. The molecule has 1 unspecified atom stereocenters. The summed E-state index contributed by atoms with van der Waals surface area (Å²) >= 11 is 5.87. The summed E-state index contributed by atoms with van der Waals surface area (Å²) in [5.41, 5.74) is 2.23. The third-order valence-corrected chi connectivity index (χ3v) is 4.25. The molecule has 0 spiro atoms. The highest BCUT2D eigenvalue weighted by molar-refractivity contribution is 6.30. The van der Waals surface area contributed by atoms with Crippen molar-refractivity contribution in [1.29, 1.82) is 0 Å². The molecule has 0 saturated carbocycles. The van der Waals surface area contributed by atoms with Crippen LogP contribution in [0.2, 0.25) is 5.02 Å². The summed E-state index contributed by atoms with van der Waals surface area (Å²) in [4.78, 5) is 16.5. The SMILES string of the molecule is CCN(Cc1ccc(N(C)C)cc1)C(=O)C(C)Oc1ccc(Cl)cc1. The van der Waals surface area contributed by atoms with Gasteiger partial charge in [-0.2, -0.15) is 0 Å². The zero-order valence-electron chi connectivity index (χ0n) is 15.2. The number of benzene rings is 2. The van der Waals surface area contributed by atoms with Crippen molar-refractivity contribution in [3.63, 3.8) is 0 Å². The van der Waals surface area contributed by atoms with Crippen molar-refractivity contribution in [1.82, 2.24) is 4.90 Å². The van der Waals surface area contributed by atoms with Crippen molar-refractivity contribution in [3.8, 4) is 5.75 Å². The van der Waals surface area contributed by atoms with E-state index < -0.39 is 6.10 Å². The Morgan fingerprint density at radius 1 is 1.08 bits per heavy atom. The van der Waals surface area contributed by atoms with E-state index in [2.05, 4.69) is 29.2 Å². The third-order valence-electron chi connectivity index (χ3n) is 3.99. The van der Waals surface area contributed by atoms with E-state index >= 15 is 0 Å². The number of hydrogen-bond acceptors (Lipinski definition) is 3. The monoisotopic (exact) mass is 360 g/mol. The molecule has 0 aliphatic rings. The van der Waals surface area contributed by atoms with Crippen LogP contribution in [0, 0.1) is 0 Å². The van der Waals surface area contributed by atoms with Gasteiger partial charge in [0.25, 0.3) is 5.91 Å². The molecule has 0 aromatic heterocycles. The fourth-order valence-corrected chi connectivity index (χ4v) is 2.62. The highest BCUT2D eigenvalue weighted by atomic mass is 35.5. The van der Waals surface area contributed by atoms with Crippen molar-refractivity contribution >= 4 is 23.2 Å². The average Bonchev–Trinajstić information content (AvgIpc) is 2.61. The quantitative estimate of drug-likeness (QED) is 0.741. The zero-order valence-corrected chi connectivity index (χ0v) is 16.0. The Balaban J connectivity index is 2.00. The molecule has 1 atom stereocenters. The van der Waals surface area contributed by atoms with Gasteiger partial charge in [0, 0.05) is 37.9 Å². The molecule has 134 valence electrons. The lowest BCUT2D eigenvalue weighted by Gasteiger charge is -2.25. The molecule has 1 amide bonds. The Bertz CT molecular complexity index is 684. The molecule has 2 rings (SSSR count). The van der Waals surface area contributed by atoms with Crippen LogP contribution < -0.4 is 9.64 Å². The van der Waals surface area contributed by atoms with Crippen molar-refractivity contribution < 1.29 is 9.53 Å². The Labute approximate surface area is 155 Å². The number of amides is 1. The van der Waals surface area contributed by atoms with Crippen molar-refractivity contribution in [2.75, 3.05) is 25.5 Å². The van der Waals surface area contributed by atoms with E-state index in [0.717, 1.165) is 11.3 Å². The minimum absolute atomic E-state index is 0.0332. The normalized spacial score (nSPS) is 11.7. The first-order valence-corrected chi connectivity index (χ1v) is 8.75. The van der Waals surface area contributed by atoms with Crippen LogP contribution >= 0.6 is 11.6 Å². The number of carbonyl (C=O) groups excluding carboxylic acids is 1. The van der Waals surface area contributed by atoms with Crippen LogP contribution in [0.4, 0.5) is 5.69 Å². The van der Waals surface area contributed by atoms with Gasteiger partial charge >= 0.3 is 0 Å². The molecule has 4 nitrogen and oxygen atoms in total. The van der Waals surface area contributed by atoms with Gasteiger partial charge in [0.15, 0.2) is 6.10 Å². The number of nitrogens with zero attached hydrogens (tertiary/aromatic N) is 2. The number of rotatable bonds is 7. The Hall–Kier alpha value is -2.20. The van der Waals surface area contributed by atoms with E-state index in [1.165, 1.54) is 0 Å². The number of hydrogen-bond donors (Lipinski definition) is 0. The molecule has 25 heavy (non-hydrogen) atoms. The largest absolute Gasteiger partial charge is 0.481 e. The maximum absolute atomic E-state index is 12.7. The van der Waals surface area contributed by atoms with Crippen LogP contribution in [0.25, 0.3) is 0 Å². The zero-order chi connectivity index (χ0) is 18.4. The number of halogens is 1. The molecule has 5 heteroatoms. The van der Waals surface area contributed by atoms with Gasteiger partial charge in [0.1, 0.15) is 5.75 Å². The maximum atomic E-state index is 12.7. The Morgan fingerprint density at radius 3 is 2.20 bits per heavy atom. The first-order valence-electron chi connectivity index (χ1n) is 8.38. The molecule has 2 aromatic carbocycles. The van der Waals surface area contributed by atoms with E-state index in [4.69, 9.17) is 16.3 Å². The van der Waals surface area contributed by atoms with Gasteiger partial charge < -0.3 is 14.5 Å². The van der Waals surface area contributed by atoms with Gasteiger partial charge in [0.05, 0.1) is 0 Å². The highest BCUT2D eigenvalue weighted by Crippen LogP contribution is 2.18. The topological polar surface area (TPSA) is 32.8 Å². The van der Waals surface area contributed by atoms with Gasteiger partial charge in [-0.05, 0) is 55.8 Å². The van der Waals surface area contributed by atoms with Gasteiger partial charge in [-0.3, -0.25) is 4.79 Å². The van der Waals surface area contributed by atoms with Crippen LogP contribution in [0.15, 0.2) is 48.5 Å². The Kier molecular flexibility index (Phi) is 6.71.